The van der Waals surface area contributed by atoms with Crippen LogP contribution >= 0.6 is 23.3 Å². The van der Waals surface area contributed by atoms with Crippen LogP contribution in [0.5, 0.6) is 0 Å². The molecule has 3 nitrogen and oxygen atoms in total. The standard InChI is InChI=1S/C12H11N3S2/c1-2-11-14-12(17-15-11)16-8-10-5-3-9(7-13)4-6-10/h3-6H,2,8H2,1H3. The van der Waals surface area contributed by atoms with Crippen LogP contribution in [-0.2, 0) is 12.2 Å². The van der Waals surface area contributed by atoms with Crippen molar-refractivity contribution in [2.45, 2.75) is 23.4 Å². The summed E-state index contributed by atoms with van der Waals surface area (Å²) in [4.78, 5) is 4.40. The van der Waals surface area contributed by atoms with Crippen LogP contribution in [0.15, 0.2) is 28.6 Å². The van der Waals surface area contributed by atoms with Crippen molar-refractivity contribution in [1.82, 2.24) is 9.36 Å². The molecule has 0 spiro atoms. The van der Waals surface area contributed by atoms with Crippen molar-refractivity contribution < 1.29 is 0 Å². The van der Waals surface area contributed by atoms with E-state index in [2.05, 4.69) is 22.4 Å². The highest BCUT2D eigenvalue weighted by molar-refractivity contribution is 8.00. The minimum absolute atomic E-state index is 0.697. The molecule has 2 aromatic rings. The number of aromatic nitrogens is 2. The molecule has 0 saturated carbocycles. The molecule has 0 N–H and O–H groups in total. The van der Waals surface area contributed by atoms with E-state index in [9.17, 15) is 0 Å². The molecule has 0 aliphatic carbocycles. The van der Waals surface area contributed by atoms with Crippen LogP contribution in [0.3, 0.4) is 0 Å². The van der Waals surface area contributed by atoms with Crippen molar-refractivity contribution in [3.8, 4) is 6.07 Å². The first-order valence-electron chi connectivity index (χ1n) is 5.26. The molecule has 0 saturated heterocycles. The second-order valence-corrected chi connectivity index (χ2v) is 5.40. The Hall–Kier alpha value is -1.38. The summed E-state index contributed by atoms with van der Waals surface area (Å²) >= 11 is 3.14. The normalized spacial score (nSPS) is 10.1. The summed E-state index contributed by atoms with van der Waals surface area (Å²) in [6, 6.07) is 9.75. The maximum Gasteiger partial charge on any atom is 0.170 e. The molecule has 5 heteroatoms. The summed E-state index contributed by atoms with van der Waals surface area (Å²) in [7, 11) is 0. The minimum Gasteiger partial charge on any atom is -0.213 e. The maximum absolute atomic E-state index is 8.69. The van der Waals surface area contributed by atoms with E-state index in [1.54, 1.807) is 11.8 Å². The highest BCUT2D eigenvalue weighted by Crippen LogP contribution is 2.24. The third-order valence-electron chi connectivity index (χ3n) is 2.21. The first-order valence-corrected chi connectivity index (χ1v) is 7.02. The van der Waals surface area contributed by atoms with E-state index in [4.69, 9.17) is 5.26 Å². The zero-order valence-electron chi connectivity index (χ0n) is 9.38. The Balaban J connectivity index is 1.95. The van der Waals surface area contributed by atoms with Crippen molar-refractivity contribution in [3.05, 3.63) is 41.2 Å². The van der Waals surface area contributed by atoms with Gasteiger partial charge in [-0.3, -0.25) is 0 Å². The van der Waals surface area contributed by atoms with E-state index in [1.807, 2.05) is 24.3 Å². The molecule has 0 amide bonds. The van der Waals surface area contributed by atoms with Gasteiger partial charge in [0.15, 0.2) is 4.34 Å². The molecule has 0 aliphatic rings. The van der Waals surface area contributed by atoms with Gasteiger partial charge in [-0.15, -0.1) is 0 Å². The average molecular weight is 261 g/mol. The van der Waals surface area contributed by atoms with Gasteiger partial charge in [-0.2, -0.15) is 9.64 Å². The van der Waals surface area contributed by atoms with Gasteiger partial charge in [0.1, 0.15) is 5.82 Å². The molecule has 1 aromatic carbocycles. The summed E-state index contributed by atoms with van der Waals surface area (Å²) in [6.45, 7) is 2.05. The Bertz CT molecular complexity index is 525. The molecule has 0 bridgehead atoms. The first kappa shape index (κ1) is 12.1. The van der Waals surface area contributed by atoms with E-state index in [0.717, 1.165) is 22.3 Å². The Morgan fingerprint density at radius 2 is 2.12 bits per heavy atom. The van der Waals surface area contributed by atoms with Gasteiger partial charge >= 0.3 is 0 Å². The van der Waals surface area contributed by atoms with Gasteiger partial charge in [0.05, 0.1) is 11.6 Å². The molecule has 0 atom stereocenters. The van der Waals surface area contributed by atoms with Gasteiger partial charge in [0.25, 0.3) is 0 Å². The van der Waals surface area contributed by atoms with Gasteiger partial charge in [0, 0.05) is 12.2 Å². The summed E-state index contributed by atoms with van der Waals surface area (Å²) in [5.74, 6) is 1.78. The predicted octanol–water partition coefficient (Wildman–Crippen LogP) is 3.26. The topological polar surface area (TPSA) is 49.6 Å². The molecule has 2 rings (SSSR count). The molecular formula is C12H11N3S2. The highest BCUT2D eigenvalue weighted by atomic mass is 32.2. The van der Waals surface area contributed by atoms with Crippen LogP contribution < -0.4 is 0 Å². The van der Waals surface area contributed by atoms with Crippen LogP contribution in [0.2, 0.25) is 0 Å². The quantitative estimate of drug-likeness (QED) is 0.793. The Morgan fingerprint density at radius 3 is 2.71 bits per heavy atom. The number of hydrogen-bond donors (Lipinski definition) is 0. The SMILES string of the molecule is CCc1nsc(SCc2ccc(C#N)cc2)n1. The van der Waals surface area contributed by atoms with E-state index in [1.165, 1.54) is 17.1 Å². The first-order chi connectivity index (χ1) is 8.31. The molecule has 1 heterocycles. The van der Waals surface area contributed by atoms with Gasteiger partial charge in [0.2, 0.25) is 0 Å². The fraction of sp³-hybridized carbons (Fsp3) is 0.250. The second kappa shape index (κ2) is 5.80. The van der Waals surface area contributed by atoms with Crippen molar-refractivity contribution in [2.75, 3.05) is 0 Å². The molecule has 0 radical (unpaired) electrons. The van der Waals surface area contributed by atoms with Crippen LogP contribution in [-0.4, -0.2) is 9.36 Å². The number of rotatable bonds is 4. The molecule has 0 fully saturated rings. The number of benzene rings is 1. The third-order valence-corrected chi connectivity index (χ3v) is 4.15. The largest absolute Gasteiger partial charge is 0.213 e. The van der Waals surface area contributed by atoms with Gasteiger partial charge in [-0.05, 0) is 29.2 Å². The summed E-state index contributed by atoms with van der Waals surface area (Å²) in [5, 5.41) is 8.69. The fourth-order valence-electron chi connectivity index (χ4n) is 1.26. The van der Waals surface area contributed by atoms with Crippen molar-refractivity contribution in [2.24, 2.45) is 0 Å². The molecular weight excluding hydrogens is 250 g/mol. The molecule has 0 unspecified atom stereocenters. The van der Waals surface area contributed by atoms with E-state index < -0.39 is 0 Å². The number of aryl methyl sites for hydroxylation is 1. The van der Waals surface area contributed by atoms with Gasteiger partial charge < -0.3 is 0 Å². The van der Waals surface area contributed by atoms with E-state index in [-0.39, 0.29) is 0 Å². The summed E-state index contributed by atoms with van der Waals surface area (Å²) in [5.41, 5.74) is 1.89. The van der Waals surface area contributed by atoms with Crippen molar-refractivity contribution >= 4 is 23.3 Å². The van der Waals surface area contributed by atoms with Crippen LogP contribution in [0.4, 0.5) is 0 Å². The molecule has 1 aromatic heterocycles. The van der Waals surface area contributed by atoms with Crippen LogP contribution in [0, 0.1) is 11.3 Å². The Morgan fingerprint density at radius 1 is 1.35 bits per heavy atom. The Labute approximate surface area is 109 Å². The van der Waals surface area contributed by atoms with Crippen molar-refractivity contribution in [1.29, 1.82) is 5.26 Å². The average Bonchev–Trinajstić information content (AvgIpc) is 2.85. The summed E-state index contributed by atoms with van der Waals surface area (Å²) in [6.07, 6.45) is 0.883. The zero-order chi connectivity index (χ0) is 12.1. The van der Waals surface area contributed by atoms with E-state index in [0.29, 0.717) is 5.56 Å². The third kappa shape index (κ3) is 3.29. The predicted molar refractivity (Wildman–Crippen MR) is 70.0 cm³/mol. The molecule has 86 valence electrons. The van der Waals surface area contributed by atoms with Crippen LogP contribution in [0.25, 0.3) is 0 Å². The Kier molecular flexibility index (Phi) is 4.13. The molecule has 17 heavy (non-hydrogen) atoms. The summed E-state index contributed by atoms with van der Waals surface area (Å²) < 4.78 is 5.25. The smallest absolute Gasteiger partial charge is 0.170 e. The van der Waals surface area contributed by atoms with E-state index >= 15 is 0 Å². The fourth-order valence-corrected chi connectivity index (χ4v) is 2.91. The lowest BCUT2D eigenvalue weighted by molar-refractivity contribution is 0.971. The maximum atomic E-state index is 8.69. The number of nitrogens with zero attached hydrogens (tertiary/aromatic N) is 3. The van der Waals surface area contributed by atoms with Crippen molar-refractivity contribution in [3.63, 3.8) is 0 Å². The molecule has 0 aliphatic heterocycles. The lowest BCUT2D eigenvalue weighted by Gasteiger charge is -1.98. The monoisotopic (exact) mass is 261 g/mol. The lowest BCUT2D eigenvalue weighted by atomic mass is 10.2. The zero-order valence-corrected chi connectivity index (χ0v) is 11.0. The lowest BCUT2D eigenvalue weighted by Crippen LogP contribution is -1.83. The number of hydrogen-bond acceptors (Lipinski definition) is 5. The number of nitriles is 1. The highest BCUT2D eigenvalue weighted by Gasteiger charge is 2.03. The number of thioether (sulfide) groups is 1. The second-order valence-electron chi connectivity index (χ2n) is 3.43. The minimum atomic E-state index is 0.697. The van der Waals surface area contributed by atoms with Gasteiger partial charge in [-0.1, -0.05) is 30.8 Å². The van der Waals surface area contributed by atoms with Gasteiger partial charge in [-0.25, -0.2) is 4.98 Å². The van der Waals surface area contributed by atoms with Crippen LogP contribution in [0.1, 0.15) is 23.9 Å².